The van der Waals surface area contributed by atoms with Gasteiger partial charge < -0.3 is 20.1 Å². The van der Waals surface area contributed by atoms with Crippen molar-refractivity contribution < 1.29 is 14.6 Å². The zero-order valence-corrected chi connectivity index (χ0v) is 13.3. The van der Waals surface area contributed by atoms with Gasteiger partial charge in [-0.05, 0) is 52.5 Å². The third-order valence-corrected chi connectivity index (χ3v) is 3.58. The first kappa shape index (κ1) is 17.2. The number of aliphatic hydroxyl groups excluding tert-OH is 1. The summed E-state index contributed by atoms with van der Waals surface area (Å²) in [5.74, 6) is 0.392. The quantitative estimate of drug-likeness (QED) is 0.811. The second kappa shape index (κ2) is 7.84. The highest BCUT2D eigenvalue weighted by atomic mass is 16.6. The summed E-state index contributed by atoms with van der Waals surface area (Å²) < 4.78 is 5.44. The van der Waals surface area contributed by atoms with Gasteiger partial charge in [0.15, 0.2) is 0 Å². The van der Waals surface area contributed by atoms with Crippen LogP contribution in [0.4, 0.5) is 4.79 Å². The number of hydrogen-bond acceptors (Lipinski definition) is 4. The summed E-state index contributed by atoms with van der Waals surface area (Å²) >= 11 is 0. The van der Waals surface area contributed by atoms with Gasteiger partial charge in [-0.25, -0.2) is 4.79 Å². The summed E-state index contributed by atoms with van der Waals surface area (Å²) in [6.07, 6.45) is 2.61. The van der Waals surface area contributed by atoms with Crippen molar-refractivity contribution >= 4 is 6.09 Å². The van der Waals surface area contributed by atoms with Crippen LogP contribution in [-0.2, 0) is 4.74 Å². The number of nitrogens with zero attached hydrogens (tertiary/aromatic N) is 1. The SMILES string of the molecule is CCNC(CCO)C1CCCN(C(=O)OC(C)(C)C)C1. The molecule has 0 aliphatic carbocycles. The molecule has 1 saturated heterocycles. The lowest BCUT2D eigenvalue weighted by molar-refractivity contribution is 0.0139. The molecule has 2 unspecified atom stereocenters. The number of hydrogen-bond donors (Lipinski definition) is 2. The summed E-state index contributed by atoms with van der Waals surface area (Å²) in [6.45, 7) is 10.3. The second-order valence-electron chi connectivity index (χ2n) is 6.51. The fourth-order valence-corrected chi connectivity index (χ4v) is 2.74. The molecule has 1 heterocycles. The van der Waals surface area contributed by atoms with Crippen LogP contribution in [0.3, 0.4) is 0 Å². The Kier molecular flexibility index (Phi) is 6.76. The zero-order chi connectivity index (χ0) is 15.2. The Morgan fingerprint density at radius 1 is 1.50 bits per heavy atom. The van der Waals surface area contributed by atoms with Gasteiger partial charge in [-0.3, -0.25) is 0 Å². The van der Waals surface area contributed by atoms with Crippen molar-refractivity contribution in [3.05, 3.63) is 0 Å². The van der Waals surface area contributed by atoms with Gasteiger partial charge in [-0.15, -0.1) is 0 Å². The second-order valence-corrected chi connectivity index (χ2v) is 6.51. The Balaban J connectivity index is 2.58. The van der Waals surface area contributed by atoms with Gasteiger partial charge in [0.2, 0.25) is 0 Å². The van der Waals surface area contributed by atoms with Gasteiger partial charge in [0.25, 0.3) is 0 Å². The van der Waals surface area contributed by atoms with Gasteiger partial charge in [0.1, 0.15) is 5.60 Å². The van der Waals surface area contributed by atoms with E-state index in [1.165, 1.54) is 0 Å². The van der Waals surface area contributed by atoms with Crippen molar-refractivity contribution in [1.29, 1.82) is 0 Å². The molecule has 0 radical (unpaired) electrons. The number of amides is 1. The van der Waals surface area contributed by atoms with Crippen molar-refractivity contribution in [2.45, 2.75) is 58.6 Å². The van der Waals surface area contributed by atoms with Crippen LogP contribution in [0.15, 0.2) is 0 Å². The number of rotatable bonds is 5. The van der Waals surface area contributed by atoms with Gasteiger partial charge in [0.05, 0.1) is 0 Å². The first-order valence-electron chi connectivity index (χ1n) is 7.69. The normalized spacial score (nSPS) is 21.6. The molecule has 0 aromatic carbocycles. The Bertz CT molecular complexity index is 296. The molecule has 0 saturated carbocycles. The number of aliphatic hydroxyl groups is 1. The van der Waals surface area contributed by atoms with E-state index in [4.69, 9.17) is 4.74 Å². The number of likely N-dealkylation sites (tertiary alicyclic amines) is 1. The first-order chi connectivity index (χ1) is 9.37. The van der Waals surface area contributed by atoms with E-state index in [-0.39, 0.29) is 18.7 Å². The molecule has 1 amide bonds. The predicted molar refractivity (Wildman–Crippen MR) is 79.7 cm³/mol. The molecule has 1 fully saturated rings. The van der Waals surface area contributed by atoms with Crippen molar-refractivity contribution in [2.24, 2.45) is 5.92 Å². The lowest BCUT2D eigenvalue weighted by Gasteiger charge is -2.37. The standard InChI is InChI=1S/C15H30N2O3/c1-5-16-13(8-10-18)12-7-6-9-17(11-12)14(19)20-15(2,3)4/h12-13,16,18H,5-11H2,1-4H3. The summed E-state index contributed by atoms with van der Waals surface area (Å²) in [5, 5.41) is 12.6. The summed E-state index contributed by atoms with van der Waals surface area (Å²) in [6, 6.07) is 0.273. The maximum Gasteiger partial charge on any atom is 0.410 e. The number of nitrogens with one attached hydrogen (secondary N) is 1. The molecular weight excluding hydrogens is 256 g/mol. The van der Waals surface area contributed by atoms with Crippen LogP contribution < -0.4 is 5.32 Å². The van der Waals surface area contributed by atoms with Gasteiger partial charge in [-0.1, -0.05) is 6.92 Å². The molecule has 0 spiro atoms. The lowest BCUT2D eigenvalue weighted by atomic mass is 9.89. The molecule has 1 aliphatic heterocycles. The maximum absolute atomic E-state index is 12.1. The molecule has 5 nitrogen and oxygen atoms in total. The van der Waals surface area contributed by atoms with E-state index in [9.17, 15) is 9.90 Å². The fraction of sp³-hybridized carbons (Fsp3) is 0.933. The van der Waals surface area contributed by atoms with E-state index in [2.05, 4.69) is 12.2 Å². The molecule has 1 aliphatic rings. The molecule has 0 aromatic heterocycles. The Morgan fingerprint density at radius 3 is 2.75 bits per heavy atom. The molecule has 118 valence electrons. The van der Waals surface area contributed by atoms with Crippen molar-refractivity contribution in [3.63, 3.8) is 0 Å². The van der Waals surface area contributed by atoms with Crippen LogP contribution in [0.25, 0.3) is 0 Å². The van der Waals surface area contributed by atoms with E-state index in [1.54, 1.807) is 4.90 Å². The summed E-state index contributed by atoms with van der Waals surface area (Å²) in [4.78, 5) is 13.9. The monoisotopic (exact) mass is 286 g/mol. The molecule has 2 N–H and O–H groups in total. The van der Waals surface area contributed by atoms with Crippen LogP contribution in [0.1, 0.15) is 47.0 Å². The molecule has 0 aromatic rings. The lowest BCUT2D eigenvalue weighted by Crippen LogP contribution is -2.49. The Labute approximate surface area is 122 Å². The van der Waals surface area contributed by atoms with E-state index in [1.807, 2.05) is 20.8 Å². The van der Waals surface area contributed by atoms with Crippen LogP contribution in [0.5, 0.6) is 0 Å². The Hall–Kier alpha value is -0.810. The summed E-state index contributed by atoms with van der Waals surface area (Å²) in [5.41, 5.74) is -0.448. The number of piperidine rings is 1. The van der Waals surface area contributed by atoms with Crippen molar-refractivity contribution in [1.82, 2.24) is 10.2 Å². The first-order valence-corrected chi connectivity index (χ1v) is 7.69. The topological polar surface area (TPSA) is 61.8 Å². The van der Waals surface area contributed by atoms with Crippen molar-refractivity contribution in [3.8, 4) is 0 Å². The van der Waals surface area contributed by atoms with Crippen LogP contribution in [-0.4, -0.2) is 54.0 Å². The van der Waals surface area contributed by atoms with Gasteiger partial charge >= 0.3 is 6.09 Å². The third-order valence-electron chi connectivity index (χ3n) is 3.58. The largest absolute Gasteiger partial charge is 0.444 e. The summed E-state index contributed by atoms with van der Waals surface area (Å²) in [7, 11) is 0. The van der Waals surface area contributed by atoms with E-state index >= 15 is 0 Å². The van der Waals surface area contributed by atoms with Gasteiger partial charge in [0, 0.05) is 25.7 Å². The molecule has 0 bridgehead atoms. The van der Waals surface area contributed by atoms with Crippen LogP contribution in [0.2, 0.25) is 0 Å². The van der Waals surface area contributed by atoms with E-state index in [0.717, 1.165) is 32.4 Å². The molecule has 2 atom stereocenters. The molecule has 5 heteroatoms. The minimum absolute atomic E-state index is 0.181. The minimum Gasteiger partial charge on any atom is -0.444 e. The smallest absolute Gasteiger partial charge is 0.410 e. The number of carbonyl (C=O) groups excluding carboxylic acids is 1. The van der Waals surface area contributed by atoms with E-state index < -0.39 is 5.60 Å². The van der Waals surface area contributed by atoms with Gasteiger partial charge in [-0.2, -0.15) is 0 Å². The van der Waals surface area contributed by atoms with Crippen LogP contribution >= 0.6 is 0 Å². The average molecular weight is 286 g/mol. The Morgan fingerprint density at radius 2 is 2.20 bits per heavy atom. The highest BCUT2D eigenvalue weighted by Crippen LogP contribution is 2.23. The third kappa shape index (κ3) is 5.67. The highest BCUT2D eigenvalue weighted by molar-refractivity contribution is 5.68. The zero-order valence-electron chi connectivity index (χ0n) is 13.3. The predicted octanol–water partition coefficient (Wildman–Crippen LogP) is 1.99. The number of ether oxygens (including phenoxy) is 1. The van der Waals surface area contributed by atoms with Crippen molar-refractivity contribution in [2.75, 3.05) is 26.2 Å². The van der Waals surface area contributed by atoms with E-state index in [0.29, 0.717) is 12.5 Å². The fourth-order valence-electron chi connectivity index (χ4n) is 2.74. The maximum atomic E-state index is 12.1. The molecular formula is C15H30N2O3. The minimum atomic E-state index is -0.448. The average Bonchev–Trinajstić information content (AvgIpc) is 2.37. The molecule has 1 rings (SSSR count). The molecule has 20 heavy (non-hydrogen) atoms. The van der Waals surface area contributed by atoms with Crippen LogP contribution in [0, 0.1) is 5.92 Å². The number of carbonyl (C=O) groups is 1. The highest BCUT2D eigenvalue weighted by Gasteiger charge is 2.31.